The fourth-order valence-corrected chi connectivity index (χ4v) is 2.60. The van der Waals surface area contributed by atoms with Gasteiger partial charge in [-0.05, 0) is 29.8 Å². The summed E-state index contributed by atoms with van der Waals surface area (Å²) < 4.78 is 0. The van der Waals surface area contributed by atoms with Crippen LogP contribution in [0.15, 0.2) is 54.6 Å². The molecule has 5 amide bonds. The van der Waals surface area contributed by atoms with Gasteiger partial charge in [0.1, 0.15) is 0 Å². The van der Waals surface area contributed by atoms with Gasteiger partial charge < -0.3 is 5.32 Å². The third kappa shape index (κ3) is 2.78. The van der Waals surface area contributed by atoms with Crippen molar-refractivity contribution < 1.29 is 19.2 Å². The number of hydrogen-bond acceptors (Lipinski definition) is 5. The first-order chi connectivity index (χ1) is 12.5. The minimum Gasteiger partial charge on any atom is -0.326 e. The summed E-state index contributed by atoms with van der Waals surface area (Å²) in [7, 11) is 0. The molecule has 8 heteroatoms. The van der Waals surface area contributed by atoms with Gasteiger partial charge in [-0.25, -0.2) is 4.79 Å². The number of imide groups is 2. The standard InChI is InChI=1S/C18H12N4O4/c19-10-11-6-8-12(9-7-11)14(23)22-18(13-4-2-1-3-5-13)15(24)20-17(26)21-16(18)25/h1-9H,(H,22,23)(H2,20,21,24,25,26). The van der Waals surface area contributed by atoms with E-state index in [-0.39, 0.29) is 11.1 Å². The highest BCUT2D eigenvalue weighted by Gasteiger charge is 2.53. The van der Waals surface area contributed by atoms with Gasteiger partial charge in [-0.2, -0.15) is 5.26 Å². The van der Waals surface area contributed by atoms with Gasteiger partial charge in [0.15, 0.2) is 0 Å². The molecule has 8 nitrogen and oxygen atoms in total. The Bertz CT molecular complexity index is 925. The van der Waals surface area contributed by atoms with E-state index in [0.717, 1.165) is 0 Å². The predicted molar refractivity (Wildman–Crippen MR) is 88.4 cm³/mol. The van der Waals surface area contributed by atoms with Gasteiger partial charge in [0.25, 0.3) is 17.7 Å². The molecule has 0 unspecified atom stereocenters. The highest BCUT2D eigenvalue weighted by Crippen LogP contribution is 2.25. The van der Waals surface area contributed by atoms with Crippen LogP contribution >= 0.6 is 0 Å². The van der Waals surface area contributed by atoms with E-state index in [1.807, 2.05) is 16.7 Å². The Morgan fingerprint density at radius 2 is 1.50 bits per heavy atom. The van der Waals surface area contributed by atoms with Crippen LogP contribution in [0.1, 0.15) is 21.5 Å². The third-order valence-electron chi connectivity index (χ3n) is 3.92. The summed E-state index contributed by atoms with van der Waals surface area (Å²) in [6, 6.07) is 14.5. The zero-order valence-electron chi connectivity index (χ0n) is 13.3. The molecule has 128 valence electrons. The molecule has 1 fully saturated rings. The largest absolute Gasteiger partial charge is 0.328 e. The van der Waals surface area contributed by atoms with Crippen LogP contribution in [0.3, 0.4) is 0 Å². The number of amides is 5. The highest BCUT2D eigenvalue weighted by molar-refractivity contribution is 6.24. The normalized spacial score (nSPS) is 15.4. The molecule has 0 bridgehead atoms. The maximum Gasteiger partial charge on any atom is 0.328 e. The Morgan fingerprint density at radius 3 is 2.04 bits per heavy atom. The molecule has 3 rings (SSSR count). The van der Waals surface area contributed by atoms with E-state index < -0.39 is 29.3 Å². The van der Waals surface area contributed by atoms with Crippen LogP contribution in [-0.4, -0.2) is 23.8 Å². The van der Waals surface area contributed by atoms with Crippen LogP contribution in [0.4, 0.5) is 4.79 Å². The van der Waals surface area contributed by atoms with Crippen LogP contribution in [0, 0.1) is 11.3 Å². The molecule has 0 saturated carbocycles. The number of benzene rings is 2. The van der Waals surface area contributed by atoms with Gasteiger partial charge in [0.05, 0.1) is 11.6 Å². The van der Waals surface area contributed by atoms with Gasteiger partial charge in [0, 0.05) is 5.56 Å². The second kappa shape index (κ2) is 6.49. The lowest BCUT2D eigenvalue weighted by Crippen LogP contribution is -2.71. The fraction of sp³-hybridized carbons (Fsp3) is 0.0556. The second-order valence-corrected chi connectivity index (χ2v) is 5.50. The quantitative estimate of drug-likeness (QED) is 0.698. The predicted octanol–water partition coefficient (Wildman–Crippen LogP) is 0.550. The molecule has 26 heavy (non-hydrogen) atoms. The van der Waals surface area contributed by atoms with Crippen LogP contribution in [0.25, 0.3) is 0 Å². The fourth-order valence-electron chi connectivity index (χ4n) is 2.60. The van der Waals surface area contributed by atoms with Crippen molar-refractivity contribution in [1.82, 2.24) is 16.0 Å². The minimum absolute atomic E-state index is 0.150. The molecule has 0 spiro atoms. The molecule has 0 atom stereocenters. The topological polar surface area (TPSA) is 128 Å². The Balaban J connectivity index is 2.03. The van der Waals surface area contributed by atoms with E-state index in [2.05, 4.69) is 5.32 Å². The van der Waals surface area contributed by atoms with Crippen molar-refractivity contribution >= 4 is 23.8 Å². The molecule has 2 aromatic carbocycles. The number of nitriles is 1. The molecule has 1 heterocycles. The summed E-state index contributed by atoms with van der Waals surface area (Å²) in [5, 5.41) is 15.3. The zero-order chi connectivity index (χ0) is 18.7. The molecule has 0 radical (unpaired) electrons. The lowest BCUT2D eigenvalue weighted by Gasteiger charge is -2.34. The number of nitrogens with one attached hydrogen (secondary N) is 3. The molecular formula is C18H12N4O4. The Morgan fingerprint density at radius 1 is 0.923 bits per heavy atom. The Kier molecular flexibility index (Phi) is 4.21. The lowest BCUT2D eigenvalue weighted by atomic mass is 9.86. The number of nitrogens with zero attached hydrogens (tertiary/aromatic N) is 1. The number of hydrogen-bond donors (Lipinski definition) is 3. The van der Waals surface area contributed by atoms with E-state index in [0.29, 0.717) is 5.56 Å². The Hall–Kier alpha value is -3.99. The van der Waals surface area contributed by atoms with Crippen molar-refractivity contribution in [2.75, 3.05) is 0 Å². The number of rotatable bonds is 3. The van der Waals surface area contributed by atoms with Crippen molar-refractivity contribution in [3.63, 3.8) is 0 Å². The number of carbonyl (C=O) groups excluding carboxylic acids is 4. The molecule has 2 aromatic rings. The van der Waals surface area contributed by atoms with Gasteiger partial charge in [-0.3, -0.25) is 25.0 Å². The van der Waals surface area contributed by atoms with Crippen molar-refractivity contribution in [1.29, 1.82) is 5.26 Å². The summed E-state index contributed by atoms with van der Waals surface area (Å²) in [6.07, 6.45) is 0. The van der Waals surface area contributed by atoms with E-state index in [4.69, 9.17) is 5.26 Å². The van der Waals surface area contributed by atoms with E-state index in [1.165, 1.54) is 36.4 Å². The minimum atomic E-state index is -2.10. The second-order valence-electron chi connectivity index (χ2n) is 5.50. The maximum absolute atomic E-state index is 12.6. The molecule has 1 saturated heterocycles. The third-order valence-corrected chi connectivity index (χ3v) is 3.92. The zero-order valence-corrected chi connectivity index (χ0v) is 13.3. The van der Waals surface area contributed by atoms with Crippen molar-refractivity contribution in [2.45, 2.75) is 5.54 Å². The molecule has 1 aliphatic heterocycles. The molecule has 1 aliphatic rings. The van der Waals surface area contributed by atoms with Crippen LogP contribution < -0.4 is 16.0 Å². The van der Waals surface area contributed by atoms with Crippen molar-refractivity contribution in [3.05, 3.63) is 71.3 Å². The Labute approximate surface area is 147 Å². The molecule has 0 aromatic heterocycles. The number of carbonyl (C=O) groups is 4. The number of urea groups is 1. The van der Waals surface area contributed by atoms with E-state index in [1.54, 1.807) is 18.2 Å². The van der Waals surface area contributed by atoms with E-state index in [9.17, 15) is 19.2 Å². The molecule has 0 aliphatic carbocycles. The first-order valence-electron chi connectivity index (χ1n) is 7.52. The smallest absolute Gasteiger partial charge is 0.326 e. The van der Waals surface area contributed by atoms with Crippen molar-refractivity contribution in [3.8, 4) is 6.07 Å². The van der Waals surface area contributed by atoms with E-state index >= 15 is 0 Å². The summed E-state index contributed by atoms with van der Waals surface area (Å²) in [6.45, 7) is 0. The van der Waals surface area contributed by atoms with Gasteiger partial charge in [0.2, 0.25) is 5.54 Å². The van der Waals surface area contributed by atoms with Crippen LogP contribution in [0.2, 0.25) is 0 Å². The van der Waals surface area contributed by atoms with Crippen LogP contribution in [-0.2, 0) is 15.1 Å². The molecular weight excluding hydrogens is 336 g/mol. The van der Waals surface area contributed by atoms with Gasteiger partial charge in [-0.15, -0.1) is 0 Å². The first-order valence-corrected chi connectivity index (χ1v) is 7.52. The maximum atomic E-state index is 12.6. The van der Waals surface area contributed by atoms with Crippen LogP contribution in [0.5, 0.6) is 0 Å². The first kappa shape index (κ1) is 16.9. The highest BCUT2D eigenvalue weighted by atomic mass is 16.2. The molecule has 3 N–H and O–H groups in total. The summed E-state index contributed by atoms with van der Waals surface area (Å²) in [4.78, 5) is 49.2. The average Bonchev–Trinajstić information content (AvgIpc) is 2.65. The summed E-state index contributed by atoms with van der Waals surface area (Å²) in [5.41, 5.74) is -1.39. The average molecular weight is 348 g/mol. The van der Waals surface area contributed by atoms with Gasteiger partial charge >= 0.3 is 6.03 Å². The van der Waals surface area contributed by atoms with Gasteiger partial charge in [-0.1, -0.05) is 30.3 Å². The number of barbiturate groups is 1. The summed E-state index contributed by atoms with van der Waals surface area (Å²) >= 11 is 0. The summed E-state index contributed by atoms with van der Waals surface area (Å²) in [5.74, 6) is -2.63. The SMILES string of the molecule is N#Cc1ccc(C(=O)NC2(c3ccccc3)C(=O)NC(=O)NC2=O)cc1. The van der Waals surface area contributed by atoms with Crippen molar-refractivity contribution in [2.24, 2.45) is 0 Å². The monoisotopic (exact) mass is 348 g/mol. The lowest BCUT2D eigenvalue weighted by molar-refractivity contribution is -0.139.